The molecule has 2 aromatic carbocycles. The van der Waals surface area contributed by atoms with Crippen molar-refractivity contribution in [3.8, 4) is 5.75 Å². The fraction of sp³-hybridized carbons (Fsp3) is 0.444. The highest BCUT2D eigenvalue weighted by Gasteiger charge is 2.47. The molecule has 1 aliphatic heterocycles. The van der Waals surface area contributed by atoms with Gasteiger partial charge >= 0.3 is 19.4 Å². The van der Waals surface area contributed by atoms with Crippen LogP contribution in [0.15, 0.2) is 59.5 Å². The van der Waals surface area contributed by atoms with E-state index >= 15 is 0 Å². The van der Waals surface area contributed by atoms with Gasteiger partial charge in [0.15, 0.2) is 0 Å². The van der Waals surface area contributed by atoms with E-state index in [2.05, 4.69) is 10.1 Å². The molecule has 4 N–H and O–H groups in total. The number of nitrogens with two attached hydrogens (primary N) is 1. The Balaban J connectivity index is 1.61. The zero-order valence-electron chi connectivity index (χ0n) is 23.0. The van der Waals surface area contributed by atoms with Crippen molar-refractivity contribution < 1.29 is 33.0 Å². The van der Waals surface area contributed by atoms with E-state index in [1.165, 1.54) is 23.8 Å². The number of rotatable bonds is 10. The van der Waals surface area contributed by atoms with Crippen molar-refractivity contribution in [2.24, 2.45) is 5.92 Å². The van der Waals surface area contributed by atoms with E-state index in [0.717, 1.165) is 5.39 Å². The van der Waals surface area contributed by atoms with Crippen LogP contribution in [-0.2, 0) is 23.4 Å². The molecular weight excluding hydrogens is 539 g/mol. The van der Waals surface area contributed by atoms with Crippen LogP contribution in [-0.4, -0.2) is 51.1 Å². The third kappa shape index (κ3) is 6.54. The average molecular weight is 575 g/mol. The van der Waals surface area contributed by atoms with Crippen LogP contribution in [0, 0.1) is 5.92 Å². The van der Waals surface area contributed by atoms with Crippen LogP contribution in [0.1, 0.15) is 40.8 Å². The number of nitrogens with one attached hydrogen (secondary N) is 1. The number of hydrogen-bond donors (Lipinski definition) is 3. The first-order valence-electron chi connectivity index (χ1n) is 13.0. The number of aromatic nitrogens is 2. The molecule has 2 heterocycles. The fourth-order valence-electron chi connectivity index (χ4n) is 4.55. The molecule has 0 aliphatic carbocycles. The Kier molecular flexibility index (Phi) is 8.96. The number of benzene rings is 2. The molecule has 0 amide bonds. The maximum atomic E-state index is 14.2. The van der Waals surface area contributed by atoms with Crippen molar-refractivity contribution in [3.63, 3.8) is 0 Å². The molecule has 0 bridgehead atoms. The van der Waals surface area contributed by atoms with Crippen molar-refractivity contribution >= 4 is 30.3 Å². The van der Waals surface area contributed by atoms with E-state index in [1.807, 2.05) is 30.3 Å². The number of nitrogen functional groups attached to an aromatic ring is 1. The molecule has 7 atom stereocenters. The van der Waals surface area contributed by atoms with Gasteiger partial charge in [-0.25, -0.2) is 9.36 Å². The van der Waals surface area contributed by atoms with Gasteiger partial charge in [0, 0.05) is 17.5 Å². The molecule has 0 radical (unpaired) electrons. The SMILES string of the molecule is CC(C)OC(=O)[C@H](C)NP(=O)(Oc1cccc2ccccc12)OC(C)[C@H]1O[C@@H](n2ccc(N)nc2=O)[C@@H](C)[C@@H]1O. The number of carbonyl (C=O) groups excluding carboxylic acids is 1. The quantitative estimate of drug-likeness (QED) is 0.240. The monoisotopic (exact) mass is 574 g/mol. The molecule has 13 heteroatoms. The largest absolute Gasteiger partial charge is 0.462 e. The lowest BCUT2D eigenvalue weighted by Crippen LogP contribution is -2.40. The predicted octanol–water partition coefficient (Wildman–Crippen LogP) is 3.40. The summed E-state index contributed by atoms with van der Waals surface area (Å²) in [5, 5.41) is 15.2. The van der Waals surface area contributed by atoms with Crippen LogP contribution in [0.3, 0.4) is 0 Å². The Morgan fingerprint density at radius 1 is 1.15 bits per heavy atom. The van der Waals surface area contributed by atoms with Gasteiger partial charge < -0.3 is 24.8 Å². The first kappa shape index (κ1) is 29.7. The summed E-state index contributed by atoms with van der Waals surface area (Å²) < 4.78 is 38.7. The van der Waals surface area contributed by atoms with E-state index in [1.54, 1.807) is 39.8 Å². The Morgan fingerprint density at radius 2 is 1.85 bits per heavy atom. The van der Waals surface area contributed by atoms with Crippen molar-refractivity contribution in [2.75, 3.05) is 5.73 Å². The molecular formula is C27H35N4O8P. The van der Waals surface area contributed by atoms with Crippen LogP contribution < -0.4 is 21.0 Å². The van der Waals surface area contributed by atoms with Gasteiger partial charge in [-0.1, -0.05) is 43.3 Å². The summed E-state index contributed by atoms with van der Waals surface area (Å²) in [6.45, 7) is 8.16. The molecule has 216 valence electrons. The number of hydrogen-bond acceptors (Lipinski definition) is 10. The Labute approximate surface area is 232 Å². The normalized spacial score (nSPS) is 24.0. The number of fused-ring (bicyclic) bond motifs is 1. The Bertz CT molecular complexity index is 1460. The molecule has 1 fully saturated rings. The first-order chi connectivity index (χ1) is 18.9. The van der Waals surface area contributed by atoms with Gasteiger partial charge in [0.05, 0.1) is 18.3 Å². The van der Waals surface area contributed by atoms with Crippen LogP contribution in [0.2, 0.25) is 0 Å². The lowest BCUT2D eigenvalue weighted by molar-refractivity contribution is -0.149. The number of aliphatic hydroxyl groups is 1. The van der Waals surface area contributed by atoms with Crippen molar-refractivity contribution in [2.45, 2.75) is 71.3 Å². The van der Waals surface area contributed by atoms with Gasteiger partial charge in [-0.2, -0.15) is 10.1 Å². The van der Waals surface area contributed by atoms with Gasteiger partial charge in [-0.05, 0) is 45.2 Å². The number of esters is 1. The summed E-state index contributed by atoms with van der Waals surface area (Å²) >= 11 is 0. The molecule has 12 nitrogen and oxygen atoms in total. The second kappa shape index (κ2) is 12.1. The van der Waals surface area contributed by atoms with Crippen LogP contribution in [0.5, 0.6) is 5.75 Å². The lowest BCUT2D eigenvalue weighted by Gasteiger charge is -2.29. The maximum Gasteiger partial charge on any atom is 0.459 e. The summed E-state index contributed by atoms with van der Waals surface area (Å²) in [5.41, 5.74) is 4.96. The van der Waals surface area contributed by atoms with Crippen LogP contribution in [0.4, 0.5) is 5.82 Å². The molecule has 2 unspecified atom stereocenters. The molecule has 0 saturated carbocycles. The second-order valence-corrected chi connectivity index (χ2v) is 11.7. The van der Waals surface area contributed by atoms with Gasteiger partial charge in [0.25, 0.3) is 0 Å². The maximum absolute atomic E-state index is 14.2. The first-order valence-corrected chi connectivity index (χ1v) is 14.5. The van der Waals surface area contributed by atoms with E-state index in [0.29, 0.717) is 5.39 Å². The minimum absolute atomic E-state index is 0.0587. The minimum atomic E-state index is -4.30. The molecule has 1 aromatic heterocycles. The highest BCUT2D eigenvalue weighted by molar-refractivity contribution is 7.52. The standard InChI is InChI=1S/C27H35N4O8P/c1-15(2)36-26(33)17(4)30-40(35,39-21-12-8-10-19-9-6-7-11-20(19)21)38-18(5)24-23(32)16(3)25(37-24)31-14-13-22(28)29-27(31)34/h6-18,23-25,32H,1-5H3,(H,30,35)(H2,28,29,34)/t16-,17-,18?,23-,24+,25+,40?/m0/s1. The molecule has 1 saturated heterocycles. The Hall–Kier alpha value is -3.28. The third-order valence-corrected chi connectivity index (χ3v) is 8.29. The van der Waals surface area contributed by atoms with E-state index < -0.39 is 55.9 Å². The fourth-order valence-corrected chi connectivity index (χ4v) is 6.26. The number of aliphatic hydroxyl groups excluding tert-OH is 1. The molecule has 40 heavy (non-hydrogen) atoms. The summed E-state index contributed by atoms with van der Waals surface area (Å²) in [5.74, 6) is -0.868. The summed E-state index contributed by atoms with van der Waals surface area (Å²) in [4.78, 5) is 28.7. The number of carbonyl (C=O) groups is 1. The van der Waals surface area contributed by atoms with E-state index in [-0.39, 0.29) is 17.7 Å². The average Bonchev–Trinajstić information content (AvgIpc) is 3.18. The van der Waals surface area contributed by atoms with Gasteiger partial charge in [0.2, 0.25) is 0 Å². The molecule has 4 rings (SSSR count). The van der Waals surface area contributed by atoms with Gasteiger partial charge in [-0.3, -0.25) is 13.9 Å². The lowest BCUT2D eigenvalue weighted by atomic mass is 9.99. The zero-order valence-corrected chi connectivity index (χ0v) is 23.9. The summed E-state index contributed by atoms with van der Waals surface area (Å²) in [6.07, 6.45) is -2.95. The topological polar surface area (TPSA) is 164 Å². The zero-order chi connectivity index (χ0) is 29.2. The minimum Gasteiger partial charge on any atom is -0.462 e. The van der Waals surface area contributed by atoms with Crippen LogP contribution >= 0.6 is 7.75 Å². The van der Waals surface area contributed by atoms with Gasteiger partial charge in [0.1, 0.15) is 29.9 Å². The van der Waals surface area contributed by atoms with Gasteiger partial charge in [-0.15, -0.1) is 0 Å². The number of nitrogens with zero attached hydrogens (tertiary/aromatic N) is 2. The number of ether oxygens (including phenoxy) is 2. The highest BCUT2D eigenvalue weighted by atomic mass is 31.2. The van der Waals surface area contributed by atoms with Crippen molar-refractivity contribution in [3.05, 3.63) is 65.2 Å². The van der Waals surface area contributed by atoms with Crippen molar-refractivity contribution in [1.29, 1.82) is 0 Å². The summed E-state index contributed by atoms with van der Waals surface area (Å²) in [6, 6.07) is 13.0. The molecule has 0 spiro atoms. The Morgan fingerprint density at radius 3 is 2.55 bits per heavy atom. The predicted molar refractivity (Wildman–Crippen MR) is 149 cm³/mol. The summed E-state index contributed by atoms with van der Waals surface area (Å²) in [7, 11) is -4.30. The molecule has 1 aliphatic rings. The molecule has 3 aromatic rings. The smallest absolute Gasteiger partial charge is 0.459 e. The van der Waals surface area contributed by atoms with Crippen molar-refractivity contribution in [1.82, 2.24) is 14.6 Å². The van der Waals surface area contributed by atoms with E-state index in [4.69, 9.17) is 24.3 Å². The van der Waals surface area contributed by atoms with Crippen LogP contribution in [0.25, 0.3) is 10.8 Å². The second-order valence-electron chi connectivity index (χ2n) is 10.1. The highest BCUT2D eigenvalue weighted by Crippen LogP contribution is 2.49. The number of anilines is 1. The van der Waals surface area contributed by atoms with E-state index in [9.17, 15) is 19.3 Å². The third-order valence-electron chi connectivity index (χ3n) is 6.54.